The highest BCUT2D eigenvalue weighted by Crippen LogP contribution is 2.40. The van der Waals surface area contributed by atoms with Gasteiger partial charge in [0.2, 0.25) is 0 Å². The smallest absolute Gasteiger partial charge is 0.325 e. The molecule has 19 heavy (non-hydrogen) atoms. The molecule has 0 aliphatic rings. The van der Waals surface area contributed by atoms with Gasteiger partial charge in [0.15, 0.2) is 5.03 Å². The Hall–Kier alpha value is -1.00. The van der Waals surface area contributed by atoms with Crippen LogP contribution in [0.1, 0.15) is 23.2 Å². The van der Waals surface area contributed by atoms with Crippen LogP contribution in [0.2, 0.25) is 0 Å². The van der Waals surface area contributed by atoms with Crippen LogP contribution in [0.3, 0.4) is 0 Å². The van der Waals surface area contributed by atoms with Crippen molar-refractivity contribution in [1.29, 1.82) is 0 Å². The van der Waals surface area contributed by atoms with E-state index in [0.717, 1.165) is 0 Å². The first-order valence-electron chi connectivity index (χ1n) is 4.52. The van der Waals surface area contributed by atoms with E-state index in [2.05, 4.69) is 4.98 Å². The zero-order chi connectivity index (χ0) is 15.0. The van der Waals surface area contributed by atoms with Gasteiger partial charge in [0, 0.05) is 17.2 Å². The third-order valence-electron chi connectivity index (χ3n) is 2.04. The van der Waals surface area contributed by atoms with Crippen LogP contribution in [-0.4, -0.2) is 13.4 Å². The lowest BCUT2D eigenvalue weighted by Crippen LogP contribution is -2.17. The van der Waals surface area contributed by atoms with Crippen LogP contribution >= 0.6 is 10.7 Å². The van der Waals surface area contributed by atoms with Crippen LogP contribution in [0.25, 0.3) is 0 Å². The minimum Gasteiger partial charge on any atom is -0.325 e. The number of aromatic nitrogens is 1. The largest absolute Gasteiger partial charge is 0.417 e. The molecule has 108 valence electrons. The highest BCUT2D eigenvalue weighted by atomic mass is 35.7. The van der Waals surface area contributed by atoms with Crippen molar-refractivity contribution < 1.29 is 30.4 Å². The van der Waals surface area contributed by atoms with Crippen molar-refractivity contribution in [3.63, 3.8) is 0 Å². The van der Waals surface area contributed by atoms with E-state index in [9.17, 15) is 30.4 Å². The molecule has 0 bridgehead atoms. The third-order valence-corrected chi connectivity index (χ3v) is 3.25. The minimum atomic E-state index is -5.19. The number of pyridine rings is 1. The Bertz CT molecular complexity index is 588. The van der Waals surface area contributed by atoms with Crippen LogP contribution < -0.4 is 5.73 Å². The van der Waals surface area contributed by atoms with Crippen molar-refractivity contribution >= 4 is 19.7 Å². The molecule has 1 rings (SSSR count). The van der Waals surface area contributed by atoms with Gasteiger partial charge in [-0.1, -0.05) is 0 Å². The quantitative estimate of drug-likeness (QED) is 0.684. The fraction of sp³-hybridized carbons (Fsp3) is 0.375. The maximum absolute atomic E-state index is 12.7. The number of halogens is 6. The van der Waals surface area contributed by atoms with Crippen LogP contribution in [0.15, 0.2) is 11.1 Å². The van der Waals surface area contributed by atoms with Crippen molar-refractivity contribution in [3.05, 3.63) is 22.9 Å². The number of nitrogens with two attached hydrogens (primary N) is 1. The second kappa shape index (κ2) is 5.17. The lowest BCUT2D eigenvalue weighted by molar-refractivity contribution is -0.140. The summed E-state index contributed by atoms with van der Waals surface area (Å²) in [4.78, 5) is 3.13. The fourth-order valence-corrected chi connectivity index (χ4v) is 2.36. The monoisotopic (exact) mass is 324 g/mol. The lowest BCUT2D eigenvalue weighted by atomic mass is 10.1. The minimum absolute atomic E-state index is 0.271. The SMILES string of the molecule is NCc1cc(C(F)(F)F)c(C(F)F)c(S(=O)(=O)Cl)n1. The van der Waals surface area contributed by atoms with Gasteiger partial charge in [0.25, 0.3) is 15.5 Å². The van der Waals surface area contributed by atoms with E-state index in [1.165, 1.54) is 0 Å². The number of alkyl halides is 5. The first-order chi connectivity index (χ1) is 8.48. The number of nitrogens with zero attached hydrogens (tertiary/aromatic N) is 1. The van der Waals surface area contributed by atoms with Crippen LogP contribution in [0, 0.1) is 0 Å². The van der Waals surface area contributed by atoms with Gasteiger partial charge < -0.3 is 5.73 Å². The Balaban J connectivity index is 3.82. The molecule has 11 heteroatoms. The van der Waals surface area contributed by atoms with Gasteiger partial charge >= 0.3 is 6.18 Å². The summed E-state index contributed by atoms with van der Waals surface area (Å²) < 4.78 is 85.5. The molecule has 1 heterocycles. The fourth-order valence-electron chi connectivity index (χ4n) is 1.32. The van der Waals surface area contributed by atoms with Crippen LogP contribution in [-0.2, 0) is 21.8 Å². The van der Waals surface area contributed by atoms with Gasteiger partial charge in [-0.05, 0) is 6.07 Å². The van der Waals surface area contributed by atoms with Gasteiger partial charge in [0.1, 0.15) is 0 Å². The first kappa shape index (κ1) is 16.1. The molecule has 0 saturated carbocycles. The predicted molar refractivity (Wildman–Crippen MR) is 55.1 cm³/mol. The molecule has 0 saturated heterocycles. The third kappa shape index (κ3) is 3.51. The summed E-state index contributed by atoms with van der Waals surface area (Å²) in [5.74, 6) is 0. The Labute approximate surface area is 108 Å². The zero-order valence-corrected chi connectivity index (χ0v) is 10.5. The zero-order valence-electron chi connectivity index (χ0n) is 8.88. The Morgan fingerprint density at radius 2 is 1.89 bits per heavy atom. The Morgan fingerprint density at radius 1 is 1.37 bits per heavy atom. The molecule has 0 unspecified atom stereocenters. The lowest BCUT2D eigenvalue weighted by Gasteiger charge is -2.15. The average Bonchev–Trinajstić information content (AvgIpc) is 2.24. The topological polar surface area (TPSA) is 73.1 Å². The number of hydrogen-bond acceptors (Lipinski definition) is 4. The van der Waals surface area contributed by atoms with Crippen LogP contribution in [0.4, 0.5) is 22.0 Å². The van der Waals surface area contributed by atoms with E-state index in [4.69, 9.17) is 16.4 Å². The Kier molecular flexibility index (Phi) is 4.37. The van der Waals surface area contributed by atoms with E-state index in [1.54, 1.807) is 0 Å². The number of hydrogen-bond donors (Lipinski definition) is 1. The molecular weight excluding hydrogens is 319 g/mol. The van der Waals surface area contributed by atoms with Crippen molar-refractivity contribution in [2.45, 2.75) is 24.2 Å². The average molecular weight is 325 g/mol. The van der Waals surface area contributed by atoms with Crippen molar-refractivity contribution in [3.8, 4) is 0 Å². The van der Waals surface area contributed by atoms with E-state index in [-0.39, 0.29) is 6.07 Å². The van der Waals surface area contributed by atoms with Crippen LogP contribution in [0.5, 0.6) is 0 Å². The molecule has 2 N–H and O–H groups in total. The molecule has 0 aliphatic heterocycles. The van der Waals surface area contributed by atoms with Gasteiger partial charge in [-0.25, -0.2) is 22.2 Å². The van der Waals surface area contributed by atoms with Crippen molar-refractivity contribution in [1.82, 2.24) is 4.98 Å². The molecular formula is C8H6ClF5N2O2S. The highest BCUT2D eigenvalue weighted by molar-refractivity contribution is 8.13. The molecule has 0 atom stereocenters. The summed E-state index contributed by atoms with van der Waals surface area (Å²) in [5.41, 5.74) is 0.927. The molecule has 0 fully saturated rings. The highest BCUT2D eigenvalue weighted by Gasteiger charge is 2.40. The molecule has 1 aromatic rings. The normalized spacial score (nSPS) is 13.1. The van der Waals surface area contributed by atoms with E-state index in [1.807, 2.05) is 0 Å². The summed E-state index contributed by atoms with van der Waals surface area (Å²) in [6.45, 7) is -0.563. The molecule has 0 amide bonds. The summed E-state index contributed by atoms with van der Waals surface area (Å²) in [6.07, 6.45) is -8.89. The van der Waals surface area contributed by atoms with Gasteiger partial charge in [-0.2, -0.15) is 13.2 Å². The maximum Gasteiger partial charge on any atom is 0.417 e. The maximum atomic E-state index is 12.7. The van der Waals surface area contributed by atoms with Gasteiger partial charge in [-0.3, -0.25) is 0 Å². The second-order valence-corrected chi connectivity index (χ2v) is 5.80. The molecule has 4 nitrogen and oxygen atoms in total. The van der Waals surface area contributed by atoms with E-state index >= 15 is 0 Å². The summed E-state index contributed by atoms with van der Waals surface area (Å²) in [7, 11) is -0.0413. The van der Waals surface area contributed by atoms with E-state index < -0.39 is 50.0 Å². The predicted octanol–water partition coefficient (Wildman–Crippen LogP) is 2.42. The number of rotatable bonds is 3. The van der Waals surface area contributed by atoms with Gasteiger partial charge in [-0.15, -0.1) is 0 Å². The standard InChI is InChI=1S/C8H6ClF5N2O2S/c9-19(17,18)7-5(6(10)11)4(8(12,13)14)1-3(2-15)16-7/h1,6H,2,15H2. The molecule has 0 spiro atoms. The molecule has 1 aromatic heterocycles. The van der Waals surface area contributed by atoms with Crippen molar-refractivity contribution in [2.24, 2.45) is 5.73 Å². The summed E-state index contributed by atoms with van der Waals surface area (Å²) >= 11 is 0. The summed E-state index contributed by atoms with van der Waals surface area (Å²) in [5, 5.41) is -1.53. The molecule has 0 radical (unpaired) electrons. The second-order valence-electron chi connectivity index (χ2n) is 3.32. The van der Waals surface area contributed by atoms with E-state index in [0.29, 0.717) is 0 Å². The van der Waals surface area contributed by atoms with Crippen molar-refractivity contribution in [2.75, 3.05) is 0 Å². The molecule has 0 aromatic carbocycles. The van der Waals surface area contributed by atoms with Gasteiger partial charge in [0.05, 0.1) is 16.8 Å². The molecule has 0 aliphatic carbocycles. The summed E-state index contributed by atoms with van der Waals surface area (Å²) in [6, 6.07) is 0.271. The Morgan fingerprint density at radius 3 is 2.21 bits per heavy atom. The first-order valence-corrected chi connectivity index (χ1v) is 6.83.